The standard InChI is InChI=1S/C25H32N8O/c1-17-20-13-21(34)19-15-27-24(30-23(19)33(20)25(16-28-17)7-3-4-8-25)29-22-6-5-18(14-26-22)32-11-9-31(2)10-12-32/h5-6,14-15,20,28H,1,3-4,7-13,16H2,2H3,(H,26,27,29,30). The average Bonchev–Trinajstić information content (AvgIpc) is 3.32. The Morgan fingerprint density at radius 1 is 1.12 bits per heavy atom. The predicted octanol–water partition coefficient (Wildman–Crippen LogP) is 2.56. The first-order chi connectivity index (χ1) is 16.5. The number of anilines is 4. The first-order valence-corrected chi connectivity index (χ1v) is 12.3. The van der Waals surface area contributed by atoms with Crippen molar-refractivity contribution in [3.63, 3.8) is 0 Å². The SMILES string of the molecule is C=C1NCC2(CCCC2)N2c3nc(Nc4ccc(N5CCN(C)CC5)cn4)ncc3C(=O)CC12. The summed E-state index contributed by atoms with van der Waals surface area (Å²) in [5, 5.41) is 6.75. The van der Waals surface area contributed by atoms with E-state index in [0.29, 0.717) is 23.8 Å². The molecule has 1 atom stereocenters. The molecule has 3 aliphatic heterocycles. The second kappa shape index (κ2) is 8.23. The average molecular weight is 461 g/mol. The fourth-order valence-electron chi connectivity index (χ4n) is 5.93. The maximum absolute atomic E-state index is 13.0. The number of nitrogens with one attached hydrogen (secondary N) is 2. The van der Waals surface area contributed by atoms with Crippen LogP contribution in [0.5, 0.6) is 0 Å². The number of nitrogens with zero attached hydrogens (tertiary/aromatic N) is 6. The lowest BCUT2D eigenvalue weighted by molar-refractivity contribution is 0.0957. The monoisotopic (exact) mass is 460 g/mol. The summed E-state index contributed by atoms with van der Waals surface area (Å²) in [5.74, 6) is 1.97. The Morgan fingerprint density at radius 3 is 2.65 bits per heavy atom. The van der Waals surface area contributed by atoms with Crippen LogP contribution in [-0.4, -0.2) is 77.0 Å². The molecule has 1 aliphatic carbocycles. The van der Waals surface area contributed by atoms with Crippen LogP contribution in [0.15, 0.2) is 36.8 Å². The smallest absolute Gasteiger partial charge is 0.230 e. The van der Waals surface area contributed by atoms with E-state index in [4.69, 9.17) is 4.98 Å². The Hall–Kier alpha value is -3.20. The Morgan fingerprint density at radius 2 is 1.91 bits per heavy atom. The summed E-state index contributed by atoms with van der Waals surface area (Å²) in [4.78, 5) is 34.0. The zero-order chi connectivity index (χ0) is 23.3. The summed E-state index contributed by atoms with van der Waals surface area (Å²) in [7, 11) is 2.15. The molecule has 3 fully saturated rings. The van der Waals surface area contributed by atoms with E-state index in [1.807, 2.05) is 12.3 Å². The lowest BCUT2D eigenvalue weighted by Crippen LogP contribution is -2.65. The molecule has 0 amide bonds. The fraction of sp³-hybridized carbons (Fsp3) is 0.520. The highest BCUT2D eigenvalue weighted by atomic mass is 16.1. The molecule has 2 aromatic rings. The molecule has 2 aromatic heterocycles. The lowest BCUT2D eigenvalue weighted by Gasteiger charge is -2.53. The molecule has 1 spiro atoms. The Bertz CT molecular complexity index is 1100. The molecule has 9 nitrogen and oxygen atoms in total. The molecule has 34 heavy (non-hydrogen) atoms. The molecule has 1 saturated carbocycles. The number of carbonyl (C=O) groups excluding carboxylic acids is 1. The van der Waals surface area contributed by atoms with Crippen molar-refractivity contribution in [1.29, 1.82) is 0 Å². The van der Waals surface area contributed by atoms with Crippen LogP contribution < -0.4 is 20.4 Å². The zero-order valence-electron chi connectivity index (χ0n) is 19.8. The van der Waals surface area contributed by atoms with E-state index in [1.165, 1.54) is 12.8 Å². The Balaban J connectivity index is 1.27. The van der Waals surface area contributed by atoms with Crippen molar-refractivity contribution in [1.82, 2.24) is 25.2 Å². The molecule has 2 saturated heterocycles. The highest BCUT2D eigenvalue weighted by Crippen LogP contribution is 2.46. The van der Waals surface area contributed by atoms with Crippen molar-refractivity contribution in [3.8, 4) is 0 Å². The molecule has 0 aromatic carbocycles. The van der Waals surface area contributed by atoms with Gasteiger partial charge < -0.3 is 25.3 Å². The summed E-state index contributed by atoms with van der Waals surface area (Å²) in [6, 6.07) is 4.00. The minimum absolute atomic E-state index is 0.0185. The summed E-state index contributed by atoms with van der Waals surface area (Å²) in [6.45, 7) is 9.19. The van der Waals surface area contributed by atoms with Gasteiger partial charge in [0.1, 0.15) is 11.6 Å². The van der Waals surface area contributed by atoms with Crippen molar-refractivity contribution in [2.24, 2.45) is 0 Å². The van der Waals surface area contributed by atoms with Gasteiger partial charge in [-0.15, -0.1) is 0 Å². The highest BCUT2D eigenvalue weighted by molar-refractivity contribution is 6.03. The number of hydrogen-bond acceptors (Lipinski definition) is 9. The molecule has 4 aliphatic rings. The number of likely N-dealkylation sites (N-methyl/N-ethyl adjacent to an activating group) is 1. The summed E-state index contributed by atoms with van der Waals surface area (Å²) >= 11 is 0. The Labute approximate surface area is 200 Å². The van der Waals surface area contributed by atoms with E-state index in [9.17, 15) is 4.79 Å². The summed E-state index contributed by atoms with van der Waals surface area (Å²) in [6.07, 6.45) is 8.58. The number of fused-ring (bicyclic) bond motifs is 4. The predicted molar refractivity (Wildman–Crippen MR) is 133 cm³/mol. The van der Waals surface area contributed by atoms with Gasteiger partial charge in [-0.3, -0.25) is 4.79 Å². The van der Waals surface area contributed by atoms with E-state index >= 15 is 0 Å². The second-order valence-corrected chi connectivity index (χ2v) is 10.1. The number of pyridine rings is 1. The van der Waals surface area contributed by atoms with Gasteiger partial charge >= 0.3 is 0 Å². The van der Waals surface area contributed by atoms with Crippen LogP contribution in [0.4, 0.5) is 23.3 Å². The number of Topliss-reactive ketones (excluding diaryl/α,β-unsaturated/α-hetero) is 1. The maximum Gasteiger partial charge on any atom is 0.230 e. The highest BCUT2D eigenvalue weighted by Gasteiger charge is 2.50. The van der Waals surface area contributed by atoms with Crippen LogP contribution in [0.1, 0.15) is 42.5 Å². The van der Waals surface area contributed by atoms with Crippen molar-refractivity contribution < 1.29 is 4.79 Å². The van der Waals surface area contributed by atoms with Crippen molar-refractivity contribution >= 4 is 29.1 Å². The first kappa shape index (κ1) is 21.3. The Kier molecular flexibility index (Phi) is 5.17. The third-order valence-electron chi connectivity index (χ3n) is 7.94. The topological polar surface area (TPSA) is 89.5 Å². The van der Waals surface area contributed by atoms with Crippen LogP contribution in [-0.2, 0) is 0 Å². The molecular weight excluding hydrogens is 428 g/mol. The van der Waals surface area contributed by atoms with E-state index in [2.05, 4.69) is 55.0 Å². The van der Waals surface area contributed by atoms with Crippen LogP contribution in [0, 0.1) is 0 Å². The van der Waals surface area contributed by atoms with E-state index in [1.54, 1.807) is 6.20 Å². The number of piperazine rings is 2. The van der Waals surface area contributed by atoms with Crippen molar-refractivity contribution in [2.75, 3.05) is 54.9 Å². The minimum atomic E-state index is -0.0596. The van der Waals surface area contributed by atoms with E-state index in [-0.39, 0.29) is 17.4 Å². The molecule has 0 radical (unpaired) electrons. The molecule has 9 heteroatoms. The van der Waals surface area contributed by atoms with Gasteiger partial charge in [-0.25, -0.2) is 9.97 Å². The van der Waals surface area contributed by atoms with Crippen molar-refractivity contribution in [3.05, 3.63) is 42.4 Å². The normalized spacial score (nSPS) is 24.1. The van der Waals surface area contributed by atoms with Crippen molar-refractivity contribution in [2.45, 2.75) is 43.7 Å². The molecule has 1 unspecified atom stereocenters. The molecule has 5 heterocycles. The zero-order valence-corrected chi connectivity index (χ0v) is 19.8. The molecular formula is C25H32N8O. The number of ketones is 1. The largest absolute Gasteiger partial charge is 0.385 e. The van der Waals surface area contributed by atoms with Gasteiger partial charge in [-0.2, -0.15) is 4.98 Å². The maximum atomic E-state index is 13.0. The van der Waals surface area contributed by atoms with Crippen LogP contribution in [0.25, 0.3) is 0 Å². The van der Waals surface area contributed by atoms with E-state index < -0.39 is 0 Å². The van der Waals surface area contributed by atoms with Crippen LogP contribution in [0.3, 0.4) is 0 Å². The number of hydrogen-bond donors (Lipinski definition) is 2. The second-order valence-electron chi connectivity index (χ2n) is 10.1. The first-order valence-electron chi connectivity index (χ1n) is 12.3. The number of aromatic nitrogens is 3. The van der Waals surface area contributed by atoms with Gasteiger partial charge in [0.15, 0.2) is 5.78 Å². The van der Waals surface area contributed by atoms with Gasteiger partial charge in [0.05, 0.1) is 29.0 Å². The lowest BCUT2D eigenvalue weighted by atomic mass is 9.83. The summed E-state index contributed by atoms with van der Waals surface area (Å²) in [5.41, 5.74) is 2.63. The van der Waals surface area contributed by atoms with Crippen LogP contribution >= 0.6 is 0 Å². The van der Waals surface area contributed by atoms with Gasteiger partial charge in [0.25, 0.3) is 0 Å². The molecule has 0 bridgehead atoms. The number of rotatable bonds is 3. The van der Waals surface area contributed by atoms with Gasteiger partial charge in [-0.05, 0) is 32.0 Å². The van der Waals surface area contributed by atoms with Gasteiger partial charge in [0, 0.05) is 51.0 Å². The van der Waals surface area contributed by atoms with E-state index in [0.717, 1.165) is 62.8 Å². The summed E-state index contributed by atoms with van der Waals surface area (Å²) < 4.78 is 0. The third kappa shape index (κ3) is 3.58. The quantitative estimate of drug-likeness (QED) is 0.717. The third-order valence-corrected chi connectivity index (χ3v) is 7.94. The molecule has 6 rings (SSSR count). The van der Waals surface area contributed by atoms with Crippen LogP contribution in [0.2, 0.25) is 0 Å². The minimum Gasteiger partial charge on any atom is -0.385 e. The molecule has 178 valence electrons. The fourth-order valence-corrected chi connectivity index (χ4v) is 5.93. The van der Waals surface area contributed by atoms with Gasteiger partial charge in [0.2, 0.25) is 5.95 Å². The molecule has 2 N–H and O–H groups in total. The van der Waals surface area contributed by atoms with Gasteiger partial charge in [-0.1, -0.05) is 19.4 Å². The number of carbonyl (C=O) groups is 1.